The van der Waals surface area contributed by atoms with Crippen molar-refractivity contribution in [3.05, 3.63) is 68.8 Å². The van der Waals surface area contributed by atoms with Crippen LogP contribution in [0, 0.1) is 15.4 Å². The first-order chi connectivity index (χ1) is 12.1. The minimum atomic E-state index is -0.689. The molecule has 0 radical (unpaired) electrons. The molecule has 4 nitrogen and oxygen atoms in total. The Bertz CT molecular complexity index is 783. The zero-order chi connectivity index (χ0) is 18.1. The third-order valence-electron chi connectivity index (χ3n) is 3.33. The first-order valence-corrected chi connectivity index (χ1v) is 8.90. The second kappa shape index (κ2) is 9.97. The average Bonchev–Trinajstić information content (AvgIpc) is 2.62. The lowest BCUT2D eigenvalue weighted by atomic mass is 10.1. The highest BCUT2D eigenvalue weighted by Crippen LogP contribution is 2.10. The van der Waals surface area contributed by atoms with Crippen molar-refractivity contribution in [2.45, 2.75) is 19.3 Å². The number of rotatable bonds is 5. The van der Waals surface area contributed by atoms with Crippen LogP contribution in [-0.2, 0) is 4.74 Å². The van der Waals surface area contributed by atoms with E-state index in [4.69, 9.17) is 9.84 Å². The molecule has 0 aromatic heterocycles. The van der Waals surface area contributed by atoms with Crippen LogP contribution in [-0.4, -0.2) is 23.7 Å². The minimum Gasteiger partial charge on any atom is -0.396 e. The fraction of sp³-hybridized carbons (Fsp3) is 0.200. The van der Waals surface area contributed by atoms with Crippen molar-refractivity contribution < 1.29 is 19.4 Å². The lowest BCUT2D eigenvalue weighted by Crippen LogP contribution is -2.12. The summed E-state index contributed by atoms with van der Waals surface area (Å²) in [4.78, 5) is 24.0. The van der Waals surface area contributed by atoms with Crippen LogP contribution < -0.4 is 0 Å². The van der Waals surface area contributed by atoms with Gasteiger partial charge in [0.2, 0.25) is 0 Å². The molecule has 2 rings (SSSR count). The lowest BCUT2D eigenvalue weighted by Gasteiger charge is -2.03. The molecule has 2 aromatic rings. The standard InChI is InChI=1S/C20H17IO4/c21-18-12-10-17(11-13-18)20(24)25-19(23)16-8-6-15(7-9-16)5-3-1-2-4-14-22/h6-13,22H,1-2,4,14H2. The smallest absolute Gasteiger partial charge is 0.346 e. The normalized spacial score (nSPS) is 9.84. The fourth-order valence-corrected chi connectivity index (χ4v) is 2.33. The number of hydrogen-bond donors (Lipinski definition) is 1. The van der Waals surface area contributed by atoms with E-state index < -0.39 is 11.9 Å². The third-order valence-corrected chi connectivity index (χ3v) is 4.05. The minimum absolute atomic E-state index is 0.180. The van der Waals surface area contributed by atoms with E-state index in [9.17, 15) is 9.59 Å². The topological polar surface area (TPSA) is 63.6 Å². The number of carbonyl (C=O) groups is 2. The van der Waals surface area contributed by atoms with Gasteiger partial charge in [-0.25, -0.2) is 9.59 Å². The van der Waals surface area contributed by atoms with E-state index in [0.717, 1.165) is 28.4 Å². The Balaban J connectivity index is 1.93. The number of hydrogen-bond acceptors (Lipinski definition) is 4. The Morgan fingerprint density at radius 2 is 1.48 bits per heavy atom. The lowest BCUT2D eigenvalue weighted by molar-refractivity contribution is 0.0398. The van der Waals surface area contributed by atoms with Gasteiger partial charge in [-0.3, -0.25) is 0 Å². The summed E-state index contributed by atoms with van der Waals surface area (Å²) in [7, 11) is 0. The van der Waals surface area contributed by atoms with E-state index >= 15 is 0 Å². The number of aliphatic hydroxyl groups is 1. The van der Waals surface area contributed by atoms with E-state index in [0.29, 0.717) is 11.1 Å². The first-order valence-electron chi connectivity index (χ1n) is 7.82. The number of aliphatic hydroxyl groups excluding tert-OH is 1. The van der Waals surface area contributed by atoms with Gasteiger partial charge in [-0.05, 0) is 84.0 Å². The molecule has 0 saturated carbocycles. The Morgan fingerprint density at radius 1 is 0.920 bits per heavy atom. The van der Waals surface area contributed by atoms with Crippen LogP contribution in [0.25, 0.3) is 0 Å². The van der Waals surface area contributed by atoms with Crippen molar-refractivity contribution >= 4 is 34.5 Å². The molecular formula is C20H17IO4. The summed E-state index contributed by atoms with van der Waals surface area (Å²) < 4.78 is 5.88. The molecule has 0 atom stereocenters. The molecule has 0 aliphatic rings. The van der Waals surface area contributed by atoms with Gasteiger partial charge in [0.15, 0.2) is 0 Å². The SMILES string of the molecule is O=C(OC(=O)c1ccc(C#CCCCCO)cc1)c1ccc(I)cc1. The largest absolute Gasteiger partial charge is 0.396 e. The van der Waals surface area contributed by atoms with Crippen LogP contribution in [0.2, 0.25) is 0 Å². The summed E-state index contributed by atoms with van der Waals surface area (Å²) in [6.07, 6.45) is 2.32. The molecule has 5 heteroatoms. The monoisotopic (exact) mass is 448 g/mol. The van der Waals surface area contributed by atoms with Crippen molar-refractivity contribution in [3.8, 4) is 11.8 Å². The van der Waals surface area contributed by atoms with Gasteiger partial charge in [-0.1, -0.05) is 11.8 Å². The van der Waals surface area contributed by atoms with Crippen LogP contribution in [0.3, 0.4) is 0 Å². The van der Waals surface area contributed by atoms with Crippen LogP contribution in [0.4, 0.5) is 0 Å². The third kappa shape index (κ3) is 6.33. The predicted octanol–water partition coefficient (Wildman–Crippen LogP) is 3.80. The molecule has 0 unspecified atom stereocenters. The fourth-order valence-electron chi connectivity index (χ4n) is 1.97. The van der Waals surface area contributed by atoms with Gasteiger partial charge in [0.05, 0.1) is 11.1 Å². The van der Waals surface area contributed by atoms with Crippen molar-refractivity contribution in [1.29, 1.82) is 0 Å². The maximum Gasteiger partial charge on any atom is 0.346 e. The highest BCUT2D eigenvalue weighted by atomic mass is 127. The van der Waals surface area contributed by atoms with Crippen LogP contribution in [0.1, 0.15) is 45.5 Å². The molecule has 25 heavy (non-hydrogen) atoms. The van der Waals surface area contributed by atoms with E-state index in [1.54, 1.807) is 48.5 Å². The molecular weight excluding hydrogens is 431 g/mol. The van der Waals surface area contributed by atoms with Crippen molar-refractivity contribution in [2.24, 2.45) is 0 Å². The van der Waals surface area contributed by atoms with Gasteiger partial charge in [-0.15, -0.1) is 0 Å². The second-order valence-corrected chi connectivity index (χ2v) is 6.49. The van der Waals surface area contributed by atoms with Crippen molar-refractivity contribution in [2.75, 3.05) is 6.61 Å². The molecule has 0 spiro atoms. The van der Waals surface area contributed by atoms with E-state index in [1.807, 2.05) is 0 Å². The molecule has 0 aliphatic heterocycles. The summed E-state index contributed by atoms with van der Waals surface area (Å²) in [5, 5.41) is 8.70. The predicted molar refractivity (Wildman–Crippen MR) is 103 cm³/mol. The van der Waals surface area contributed by atoms with E-state index in [1.165, 1.54) is 0 Å². The molecule has 0 fully saturated rings. The molecule has 0 heterocycles. The number of benzene rings is 2. The van der Waals surface area contributed by atoms with E-state index in [-0.39, 0.29) is 6.61 Å². The summed E-state index contributed by atoms with van der Waals surface area (Å²) in [6.45, 7) is 0.180. The molecule has 0 aliphatic carbocycles. The highest BCUT2D eigenvalue weighted by Gasteiger charge is 2.14. The van der Waals surface area contributed by atoms with Crippen molar-refractivity contribution in [1.82, 2.24) is 0 Å². The molecule has 1 N–H and O–H groups in total. The Labute approximate surface area is 160 Å². The molecule has 0 saturated heterocycles. The van der Waals surface area contributed by atoms with Gasteiger partial charge in [0, 0.05) is 22.2 Å². The first kappa shape index (κ1) is 19.2. The zero-order valence-electron chi connectivity index (χ0n) is 13.5. The quantitative estimate of drug-likeness (QED) is 0.249. The van der Waals surface area contributed by atoms with Crippen LogP contribution in [0.15, 0.2) is 48.5 Å². The van der Waals surface area contributed by atoms with Gasteiger partial charge in [-0.2, -0.15) is 0 Å². The Morgan fingerprint density at radius 3 is 2.04 bits per heavy atom. The average molecular weight is 448 g/mol. The van der Waals surface area contributed by atoms with Gasteiger partial charge >= 0.3 is 11.9 Å². The second-order valence-electron chi connectivity index (χ2n) is 5.24. The van der Waals surface area contributed by atoms with E-state index in [2.05, 4.69) is 34.4 Å². The summed E-state index contributed by atoms with van der Waals surface area (Å²) in [5.74, 6) is 4.64. The zero-order valence-corrected chi connectivity index (χ0v) is 15.7. The number of ether oxygens (including phenoxy) is 1. The molecule has 128 valence electrons. The van der Waals surface area contributed by atoms with Crippen LogP contribution in [0.5, 0.6) is 0 Å². The Kier molecular flexibility index (Phi) is 7.64. The summed E-state index contributed by atoms with van der Waals surface area (Å²) in [6, 6.07) is 13.4. The maximum atomic E-state index is 12.0. The van der Waals surface area contributed by atoms with Crippen molar-refractivity contribution in [3.63, 3.8) is 0 Å². The number of halogens is 1. The number of esters is 2. The van der Waals surface area contributed by atoms with Gasteiger partial charge in [0.25, 0.3) is 0 Å². The van der Waals surface area contributed by atoms with Gasteiger partial charge in [0.1, 0.15) is 0 Å². The number of carbonyl (C=O) groups excluding carboxylic acids is 2. The number of unbranched alkanes of at least 4 members (excludes halogenated alkanes) is 2. The van der Waals surface area contributed by atoms with Crippen LogP contribution >= 0.6 is 22.6 Å². The summed E-state index contributed by atoms with van der Waals surface area (Å²) in [5.41, 5.74) is 1.41. The molecule has 2 aromatic carbocycles. The van der Waals surface area contributed by atoms with Gasteiger partial charge < -0.3 is 9.84 Å². The molecule has 0 amide bonds. The summed E-state index contributed by atoms with van der Waals surface area (Å²) >= 11 is 2.13. The maximum absolute atomic E-state index is 12.0. The Hall–Kier alpha value is -2.17. The molecule has 0 bridgehead atoms. The highest BCUT2D eigenvalue weighted by molar-refractivity contribution is 14.1.